The number of nitrogens with one attached hydrogen (secondary N) is 1. The average Bonchev–Trinajstić information content (AvgIpc) is 3.76. The molecule has 0 spiro atoms. The van der Waals surface area contributed by atoms with Gasteiger partial charge in [-0.15, -0.1) is 0 Å². The van der Waals surface area contributed by atoms with Gasteiger partial charge in [-0.25, -0.2) is 8.78 Å². The Morgan fingerprint density at radius 1 is 1.18 bits per heavy atom. The number of nitrogens with zero attached hydrogens (tertiary/aromatic N) is 3. The molecular weight excluding hydrogens is 506 g/mol. The van der Waals surface area contributed by atoms with Crippen LogP contribution in [0.1, 0.15) is 29.9 Å². The Bertz CT molecular complexity index is 1430. The van der Waals surface area contributed by atoms with Crippen LogP contribution >= 0.6 is 0 Å². The molecule has 3 atom stereocenters. The molecule has 1 aliphatic carbocycles. The van der Waals surface area contributed by atoms with Crippen LogP contribution in [-0.2, 0) is 9.59 Å². The second kappa shape index (κ2) is 10.8. The molecule has 2 N–H and O–H groups in total. The summed E-state index contributed by atoms with van der Waals surface area (Å²) >= 11 is 0. The SMILES string of the molecule is N#Cc1cc(-c2cccc(NC(=O)[C@H]3C[C@@H]3c3cccnc3)c2)ccc1O[C@H]1CCN(C(=O)CO)CC1(F)F. The predicted molar refractivity (Wildman–Crippen MR) is 138 cm³/mol. The lowest BCUT2D eigenvalue weighted by Gasteiger charge is -2.38. The van der Waals surface area contributed by atoms with Crippen LogP contribution < -0.4 is 10.1 Å². The van der Waals surface area contributed by atoms with Crippen LogP contribution in [0.25, 0.3) is 11.1 Å². The van der Waals surface area contributed by atoms with Gasteiger partial charge in [0.2, 0.25) is 11.8 Å². The number of amides is 2. The lowest BCUT2D eigenvalue weighted by atomic mass is 10.0. The van der Waals surface area contributed by atoms with Crippen LogP contribution in [0.4, 0.5) is 14.5 Å². The maximum atomic E-state index is 14.7. The van der Waals surface area contributed by atoms with Crippen molar-refractivity contribution in [1.29, 1.82) is 5.26 Å². The molecule has 0 radical (unpaired) electrons. The van der Waals surface area contributed by atoms with E-state index < -0.39 is 31.1 Å². The van der Waals surface area contributed by atoms with Gasteiger partial charge in [0.25, 0.3) is 0 Å². The first-order chi connectivity index (χ1) is 18.8. The summed E-state index contributed by atoms with van der Waals surface area (Å²) in [5.41, 5.74) is 3.13. The number of likely N-dealkylation sites (tertiary alicyclic amines) is 1. The summed E-state index contributed by atoms with van der Waals surface area (Å²) in [6.45, 7) is -1.68. The van der Waals surface area contributed by atoms with Crippen molar-refractivity contribution in [2.75, 3.05) is 25.0 Å². The smallest absolute Gasteiger partial charge is 0.301 e. The molecule has 1 saturated carbocycles. The number of aliphatic hydroxyl groups excluding tert-OH is 1. The molecule has 2 heterocycles. The Labute approximate surface area is 223 Å². The van der Waals surface area contributed by atoms with Crippen molar-refractivity contribution in [2.24, 2.45) is 5.92 Å². The number of aliphatic hydroxyl groups is 1. The van der Waals surface area contributed by atoms with E-state index in [0.29, 0.717) is 11.3 Å². The van der Waals surface area contributed by atoms with Gasteiger partial charge in [0.15, 0.2) is 6.10 Å². The number of ether oxygens (including phenoxy) is 1. The summed E-state index contributed by atoms with van der Waals surface area (Å²) in [6.07, 6.45) is 2.58. The number of carbonyl (C=O) groups is 2. The lowest BCUT2D eigenvalue weighted by Crippen LogP contribution is -2.55. The number of pyridine rings is 1. The minimum absolute atomic E-state index is 0.0158. The van der Waals surface area contributed by atoms with Gasteiger partial charge in [-0.3, -0.25) is 14.6 Å². The van der Waals surface area contributed by atoms with Gasteiger partial charge in [0.1, 0.15) is 18.4 Å². The van der Waals surface area contributed by atoms with Crippen LogP contribution in [0, 0.1) is 17.2 Å². The molecule has 200 valence electrons. The number of aromatic nitrogens is 1. The molecule has 1 aliphatic heterocycles. The number of hydrogen-bond donors (Lipinski definition) is 2. The number of rotatable bonds is 7. The molecule has 0 bridgehead atoms. The molecule has 5 rings (SSSR count). The van der Waals surface area contributed by atoms with Crippen molar-refractivity contribution in [2.45, 2.75) is 30.8 Å². The minimum Gasteiger partial charge on any atom is -0.483 e. The highest BCUT2D eigenvalue weighted by atomic mass is 19.3. The van der Waals surface area contributed by atoms with E-state index in [4.69, 9.17) is 9.84 Å². The number of hydrogen-bond acceptors (Lipinski definition) is 6. The van der Waals surface area contributed by atoms with Crippen molar-refractivity contribution in [3.05, 3.63) is 78.1 Å². The predicted octanol–water partition coefficient (Wildman–Crippen LogP) is 3.97. The third-order valence-corrected chi connectivity index (χ3v) is 7.09. The van der Waals surface area contributed by atoms with Crippen LogP contribution in [0.2, 0.25) is 0 Å². The highest BCUT2D eigenvalue weighted by Gasteiger charge is 2.48. The Morgan fingerprint density at radius 2 is 2.00 bits per heavy atom. The fraction of sp³-hybridized carbons (Fsp3) is 0.310. The molecule has 0 unspecified atom stereocenters. The number of benzene rings is 2. The fourth-order valence-corrected chi connectivity index (χ4v) is 4.89. The van der Waals surface area contributed by atoms with Gasteiger partial charge in [0, 0.05) is 37.0 Å². The van der Waals surface area contributed by atoms with Crippen molar-refractivity contribution >= 4 is 17.5 Å². The quantitative estimate of drug-likeness (QED) is 0.476. The summed E-state index contributed by atoms with van der Waals surface area (Å²) < 4.78 is 34.9. The zero-order valence-electron chi connectivity index (χ0n) is 20.9. The van der Waals surface area contributed by atoms with Gasteiger partial charge in [-0.2, -0.15) is 5.26 Å². The van der Waals surface area contributed by atoms with Crippen molar-refractivity contribution < 1.29 is 28.2 Å². The van der Waals surface area contributed by atoms with Crippen LogP contribution in [0.5, 0.6) is 5.75 Å². The molecule has 2 fully saturated rings. The summed E-state index contributed by atoms with van der Waals surface area (Å²) in [6, 6.07) is 17.7. The Hall–Kier alpha value is -4.36. The van der Waals surface area contributed by atoms with Crippen molar-refractivity contribution in [1.82, 2.24) is 9.88 Å². The standard InChI is InChI=1S/C29H26F2N4O4/c30-29(31)17-35(27(37)16-36)10-8-26(29)39-25-7-6-19(11-21(25)14-32)18-3-1-5-22(12-18)34-28(38)24-13-23(24)20-4-2-9-33-15-20/h1-7,9,11-12,15,23-24,26,36H,8,10,13,16-17H2,(H,34,38)/t23-,24+,26+/m1/s1. The average molecular weight is 533 g/mol. The highest BCUT2D eigenvalue weighted by Crippen LogP contribution is 2.47. The van der Waals surface area contributed by atoms with Gasteiger partial charge >= 0.3 is 5.92 Å². The third-order valence-electron chi connectivity index (χ3n) is 7.09. The number of anilines is 1. The van der Waals surface area contributed by atoms with Crippen LogP contribution in [0.3, 0.4) is 0 Å². The first kappa shape index (κ1) is 26.3. The van der Waals surface area contributed by atoms with E-state index >= 15 is 0 Å². The number of carbonyl (C=O) groups excluding carboxylic acids is 2. The number of alkyl halides is 2. The molecule has 2 aromatic carbocycles. The van der Waals surface area contributed by atoms with E-state index in [1.165, 1.54) is 6.07 Å². The second-order valence-corrected chi connectivity index (χ2v) is 9.76. The van der Waals surface area contributed by atoms with Gasteiger partial charge in [0.05, 0.1) is 12.1 Å². The summed E-state index contributed by atoms with van der Waals surface area (Å²) in [4.78, 5) is 29.4. The Balaban J connectivity index is 1.27. The molecule has 2 amide bonds. The molecule has 8 nitrogen and oxygen atoms in total. The van der Waals surface area contributed by atoms with Gasteiger partial charge < -0.3 is 20.1 Å². The van der Waals surface area contributed by atoms with E-state index in [9.17, 15) is 23.6 Å². The second-order valence-electron chi connectivity index (χ2n) is 9.76. The molecule has 10 heteroatoms. The zero-order valence-corrected chi connectivity index (χ0v) is 20.9. The monoisotopic (exact) mass is 532 g/mol. The molecular formula is C29H26F2N4O4. The van der Waals surface area contributed by atoms with E-state index in [1.807, 2.05) is 24.3 Å². The van der Waals surface area contributed by atoms with Crippen molar-refractivity contribution in [3.8, 4) is 22.9 Å². The van der Waals surface area contributed by atoms with Gasteiger partial charge in [-0.1, -0.05) is 24.3 Å². The molecule has 1 saturated heterocycles. The molecule has 3 aromatic rings. The van der Waals surface area contributed by atoms with E-state index in [-0.39, 0.29) is 42.0 Å². The molecule has 2 aliphatic rings. The van der Waals surface area contributed by atoms with Crippen molar-refractivity contribution in [3.63, 3.8) is 0 Å². The minimum atomic E-state index is -3.35. The topological polar surface area (TPSA) is 116 Å². The van der Waals surface area contributed by atoms with E-state index in [0.717, 1.165) is 22.4 Å². The number of halogens is 2. The first-order valence-electron chi connectivity index (χ1n) is 12.6. The summed E-state index contributed by atoms with van der Waals surface area (Å²) in [7, 11) is 0. The summed E-state index contributed by atoms with van der Waals surface area (Å²) in [5.74, 6) is -4.13. The lowest BCUT2D eigenvalue weighted by molar-refractivity contribution is -0.161. The largest absolute Gasteiger partial charge is 0.483 e. The molecule has 39 heavy (non-hydrogen) atoms. The number of nitriles is 1. The Kier molecular flexibility index (Phi) is 7.26. The normalized spacial score (nSPS) is 21.5. The highest BCUT2D eigenvalue weighted by molar-refractivity contribution is 5.95. The fourth-order valence-electron chi connectivity index (χ4n) is 4.89. The first-order valence-corrected chi connectivity index (χ1v) is 12.6. The summed E-state index contributed by atoms with van der Waals surface area (Å²) in [5, 5.41) is 21.6. The van der Waals surface area contributed by atoms with E-state index in [1.54, 1.807) is 42.7 Å². The van der Waals surface area contributed by atoms with Crippen LogP contribution in [0.15, 0.2) is 67.0 Å². The molecule has 1 aromatic heterocycles. The van der Waals surface area contributed by atoms with E-state index in [2.05, 4.69) is 10.3 Å². The number of piperidine rings is 1. The Morgan fingerprint density at radius 3 is 2.72 bits per heavy atom. The van der Waals surface area contributed by atoms with Gasteiger partial charge in [-0.05, 0) is 59.4 Å². The van der Waals surface area contributed by atoms with Crippen LogP contribution in [-0.4, -0.2) is 58.5 Å². The maximum Gasteiger partial charge on any atom is 0.301 e. The maximum absolute atomic E-state index is 14.7. The zero-order chi connectivity index (χ0) is 27.6. The third kappa shape index (κ3) is 5.73.